The number of aryl methyl sites for hydroxylation is 4. The molecule has 40 heavy (non-hydrogen) atoms. The van der Waals surface area contributed by atoms with Gasteiger partial charge in [-0.3, -0.25) is 4.79 Å². The Balaban J connectivity index is 1.30. The quantitative estimate of drug-likeness (QED) is 0.248. The van der Waals surface area contributed by atoms with Crippen molar-refractivity contribution in [1.29, 1.82) is 0 Å². The summed E-state index contributed by atoms with van der Waals surface area (Å²) >= 11 is 0. The SMILES string of the molecule is COC(=O)CC1COc2cc(O[C@@H]3CCc4c(-c5c(C)cc(-c6nc(C)cn6C)cc5C)ccc(F)c43)ccc21. The topological polar surface area (TPSA) is 62.6 Å². The monoisotopic (exact) mass is 540 g/mol. The molecule has 2 aliphatic rings. The molecule has 6 rings (SSSR count). The van der Waals surface area contributed by atoms with E-state index in [0.717, 1.165) is 56.9 Å². The number of methoxy groups -OCH3 is 1. The molecule has 0 N–H and O–H groups in total. The molecular weight excluding hydrogens is 507 g/mol. The van der Waals surface area contributed by atoms with Crippen LogP contribution >= 0.6 is 0 Å². The first-order chi connectivity index (χ1) is 19.2. The molecule has 3 aromatic carbocycles. The predicted molar refractivity (Wildman–Crippen MR) is 151 cm³/mol. The van der Waals surface area contributed by atoms with Crippen molar-refractivity contribution in [2.75, 3.05) is 13.7 Å². The van der Waals surface area contributed by atoms with E-state index in [4.69, 9.17) is 19.2 Å². The second-order valence-corrected chi connectivity index (χ2v) is 10.9. The van der Waals surface area contributed by atoms with Crippen LogP contribution in [0.1, 0.15) is 58.4 Å². The molecule has 7 heteroatoms. The summed E-state index contributed by atoms with van der Waals surface area (Å²) in [5.41, 5.74) is 9.11. The molecule has 6 nitrogen and oxygen atoms in total. The number of benzene rings is 3. The van der Waals surface area contributed by atoms with Gasteiger partial charge >= 0.3 is 5.97 Å². The molecule has 0 fully saturated rings. The summed E-state index contributed by atoms with van der Waals surface area (Å²) in [5.74, 6) is 1.72. The zero-order valence-corrected chi connectivity index (χ0v) is 23.5. The minimum absolute atomic E-state index is 0.0389. The van der Waals surface area contributed by atoms with Crippen molar-refractivity contribution in [3.05, 3.63) is 88.0 Å². The van der Waals surface area contributed by atoms with E-state index < -0.39 is 6.10 Å². The third-order valence-corrected chi connectivity index (χ3v) is 8.12. The lowest BCUT2D eigenvalue weighted by atomic mass is 9.89. The molecule has 1 aromatic heterocycles. The van der Waals surface area contributed by atoms with Crippen LogP contribution in [0.15, 0.2) is 48.7 Å². The Morgan fingerprint density at radius 1 is 1.12 bits per heavy atom. The van der Waals surface area contributed by atoms with E-state index in [1.165, 1.54) is 7.11 Å². The first-order valence-electron chi connectivity index (χ1n) is 13.7. The van der Waals surface area contributed by atoms with E-state index in [-0.39, 0.29) is 24.1 Å². The Morgan fingerprint density at radius 3 is 2.60 bits per heavy atom. The highest BCUT2D eigenvalue weighted by molar-refractivity contribution is 5.79. The number of esters is 1. The minimum atomic E-state index is -0.393. The average molecular weight is 541 g/mol. The smallest absolute Gasteiger partial charge is 0.306 e. The summed E-state index contributed by atoms with van der Waals surface area (Å²) in [6.45, 7) is 6.64. The molecule has 0 amide bonds. The van der Waals surface area contributed by atoms with Crippen molar-refractivity contribution < 1.29 is 23.4 Å². The van der Waals surface area contributed by atoms with Crippen LogP contribution in [-0.4, -0.2) is 29.2 Å². The molecule has 2 atom stereocenters. The molecular formula is C33H33FN2O4. The van der Waals surface area contributed by atoms with Crippen LogP contribution < -0.4 is 9.47 Å². The van der Waals surface area contributed by atoms with Crippen molar-refractivity contribution in [1.82, 2.24) is 9.55 Å². The first kappa shape index (κ1) is 26.1. The number of hydrogen-bond donors (Lipinski definition) is 0. The van der Waals surface area contributed by atoms with Crippen molar-refractivity contribution in [2.24, 2.45) is 7.05 Å². The molecule has 4 aromatic rings. The number of halogens is 1. The third-order valence-electron chi connectivity index (χ3n) is 8.12. The van der Waals surface area contributed by atoms with Crippen LogP contribution in [0.4, 0.5) is 4.39 Å². The first-order valence-corrected chi connectivity index (χ1v) is 13.7. The highest BCUT2D eigenvalue weighted by Gasteiger charge is 2.32. The Kier molecular flexibility index (Phi) is 6.61. The zero-order chi connectivity index (χ0) is 28.1. The lowest BCUT2D eigenvalue weighted by Crippen LogP contribution is -2.09. The number of carbonyl (C=O) groups is 1. The lowest BCUT2D eigenvalue weighted by molar-refractivity contribution is -0.141. The van der Waals surface area contributed by atoms with Gasteiger partial charge < -0.3 is 18.8 Å². The number of fused-ring (bicyclic) bond motifs is 2. The van der Waals surface area contributed by atoms with Crippen molar-refractivity contribution in [3.8, 4) is 34.0 Å². The van der Waals surface area contributed by atoms with Crippen LogP contribution in [0, 0.1) is 26.6 Å². The van der Waals surface area contributed by atoms with E-state index >= 15 is 4.39 Å². The fourth-order valence-corrected chi connectivity index (χ4v) is 6.38. The van der Waals surface area contributed by atoms with Crippen LogP contribution in [0.3, 0.4) is 0 Å². The predicted octanol–water partition coefficient (Wildman–Crippen LogP) is 6.92. The van der Waals surface area contributed by atoms with Crippen molar-refractivity contribution in [2.45, 2.75) is 52.1 Å². The Labute approximate surface area is 233 Å². The molecule has 1 aliphatic heterocycles. The largest absolute Gasteiger partial charge is 0.492 e. The minimum Gasteiger partial charge on any atom is -0.492 e. The molecule has 206 valence electrons. The number of imidazole rings is 1. The second kappa shape index (κ2) is 10.1. The zero-order valence-electron chi connectivity index (χ0n) is 23.5. The standard InChI is InChI=1S/C33H33FN2O4/c1-18-12-21(33-35-20(3)16-36(33)4)13-19(2)31(18)25-8-10-27(34)32-26(25)9-11-28(32)40-23-6-7-24-22(14-30(37)38-5)17-39-29(24)15-23/h6-8,10,12-13,15-16,22,28H,9,11,14,17H2,1-5H3/t22?,28-/m1/s1. The maximum absolute atomic E-state index is 15.3. The fraction of sp³-hybridized carbons (Fsp3) is 0.333. The summed E-state index contributed by atoms with van der Waals surface area (Å²) in [6.07, 6.45) is 3.32. The average Bonchev–Trinajstić information content (AvgIpc) is 3.62. The van der Waals surface area contributed by atoms with Gasteiger partial charge in [-0.1, -0.05) is 12.1 Å². The third kappa shape index (κ3) is 4.53. The van der Waals surface area contributed by atoms with Gasteiger partial charge in [0.25, 0.3) is 0 Å². The maximum Gasteiger partial charge on any atom is 0.306 e. The van der Waals surface area contributed by atoms with E-state index in [1.54, 1.807) is 6.07 Å². The highest BCUT2D eigenvalue weighted by Crippen LogP contribution is 2.45. The normalized spacial score (nSPS) is 17.4. The van der Waals surface area contributed by atoms with Crippen molar-refractivity contribution in [3.63, 3.8) is 0 Å². The number of rotatable bonds is 6. The summed E-state index contributed by atoms with van der Waals surface area (Å²) < 4.78 is 34.4. The molecule has 1 unspecified atom stereocenters. The van der Waals surface area contributed by atoms with E-state index in [1.807, 2.05) is 49.0 Å². The molecule has 1 aliphatic carbocycles. The fourth-order valence-electron chi connectivity index (χ4n) is 6.38. The summed E-state index contributed by atoms with van der Waals surface area (Å²) in [4.78, 5) is 16.4. The van der Waals surface area contributed by atoms with Gasteiger partial charge in [0.05, 0.1) is 25.8 Å². The van der Waals surface area contributed by atoms with Crippen LogP contribution in [0.5, 0.6) is 11.5 Å². The van der Waals surface area contributed by atoms with Crippen LogP contribution in [-0.2, 0) is 23.0 Å². The van der Waals surface area contributed by atoms with E-state index in [0.29, 0.717) is 30.1 Å². The summed E-state index contributed by atoms with van der Waals surface area (Å²) in [6, 6.07) is 13.5. The second-order valence-electron chi connectivity index (χ2n) is 10.9. The van der Waals surface area contributed by atoms with Gasteiger partial charge in [-0.25, -0.2) is 9.37 Å². The molecule has 0 saturated heterocycles. The van der Waals surface area contributed by atoms with E-state index in [2.05, 4.69) is 26.0 Å². The molecule has 0 spiro atoms. The van der Waals surface area contributed by atoms with Gasteiger partial charge in [-0.15, -0.1) is 0 Å². The molecule has 2 heterocycles. The Morgan fingerprint density at radius 2 is 1.90 bits per heavy atom. The summed E-state index contributed by atoms with van der Waals surface area (Å²) in [5, 5.41) is 0. The number of aromatic nitrogens is 2. The van der Waals surface area contributed by atoms with Gasteiger partial charge in [-0.05, 0) is 85.7 Å². The number of hydrogen-bond acceptors (Lipinski definition) is 5. The highest BCUT2D eigenvalue weighted by atomic mass is 19.1. The maximum atomic E-state index is 15.3. The van der Waals surface area contributed by atoms with Crippen LogP contribution in [0.25, 0.3) is 22.5 Å². The van der Waals surface area contributed by atoms with Gasteiger partial charge in [0.15, 0.2) is 0 Å². The van der Waals surface area contributed by atoms with Gasteiger partial charge in [0.1, 0.15) is 29.2 Å². The molecule has 0 radical (unpaired) electrons. The molecule has 0 bridgehead atoms. The van der Waals surface area contributed by atoms with Gasteiger partial charge in [0.2, 0.25) is 0 Å². The number of carbonyl (C=O) groups excluding carboxylic acids is 1. The molecule has 0 saturated carbocycles. The Hall–Kier alpha value is -4.13. The lowest BCUT2D eigenvalue weighted by Gasteiger charge is -2.19. The number of nitrogens with zero attached hydrogens (tertiary/aromatic N) is 2. The number of ether oxygens (including phenoxy) is 3. The van der Waals surface area contributed by atoms with Gasteiger partial charge in [-0.2, -0.15) is 0 Å². The Bertz CT molecular complexity index is 1620. The summed E-state index contributed by atoms with van der Waals surface area (Å²) in [7, 11) is 3.40. The van der Waals surface area contributed by atoms with Gasteiger partial charge in [0, 0.05) is 41.9 Å². The van der Waals surface area contributed by atoms with Crippen LogP contribution in [0.2, 0.25) is 0 Å². The van der Waals surface area contributed by atoms with Crippen molar-refractivity contribution >= 4 is 5.97 Å². The van der Waals surface area contributed by atoms with E-state index in [9.17, 15) is 4.79 Å².